The van der Waals surface area contributed by atoms with Gasteiger partial charge < -0.3 is 14.6 Å². The first-order chi connectivity index (χ1) is 17.1. The molecule has 0 saturated carbocycles. The van der Waals surface area contributed by atoms with Crippen LogP contribution in [0.1, 0.15) is 22.5 Å². The van der Waals surface area contributed by atoms with Crippen LogP contribution in [0, 0.1) is 11.6 Å². The Hall–Kier alpha value is -3.73. The molecule has 2 aromatic carbocycles. The Bertz CT molecular complexity index is 1260. The quantitative estimate of drug-likeness (QED) is 0.492. The van der Waals surface area contributed by atoms with E-state index in [2.05, 4.69) is 5.32 Å². The lowest BCUT2D eigenvalue weighted by molar-refractivity contribution is -0.137. The van der Waals surface area contributed by atoms with Crippen LogP contribution in [-0.2, 0) is 11.0 Å². The minimum Gasteiger partial charge on any atom is -0.451 e. The van der Waals surface area contributed by atoms with E-state index >= 15 is 0 Å². The van der Waals surface area contributed by atoms with Crippen molar-refractivity contribution in [1.29, 1.82) is 0 Å². The number of halogens is 5. The Morgan fingerprint density at radius 2 is 1.75 bits per heavy atom. The first-order valence-corrected chi connectivity index (χ1v) is 11.1. The number of furan rings is 1. The van der Waals surface area contributed by atoms with Crippen LogP contribution in [0.3, 0.4) is 0 Å². The number of hydrogen-bond acceptors (Lipinski definition) is 4. The summed E-state index contributed by atoms with van der Waals surface area (Å²) in [5.74, 6) is -2.36. The highest BCUT2D eigenvalue weighted by atomic mass is 19.4. The lowest BCUT2D eigenvalue weighted by Crippen LogP contribution is -2.38. The van der Waals surface area contributed by atoms with Crippen LogP contribution in [-0.4, -0.2) is 54.3 Å². The minimum absolute atomic E-state index is 0.000361. The van der Waals surface area contributed by atoms with Crippen LogP contribution in [0.2, 0.25) is 0 Å². The number of alkyl halides is 3. The summed E-state index contributed by atoms with van der Waals surface area (Å²) >= 11 is 0. The van der Waals surface area contributed by atoms with Crippen molar-refractivity contribution in [2.24, 2.45) is 0 Å². The van der Waals surface area contributed by atoms with E-state index in [0.29, 0.717) is 32.1 Å². The summed E-state index contributed by atoms with van der Waals surface area (Å²) in [4.78, 5) is 28.6. The molecule has 3 aromatic rings. The van der Waals surface area contributed by atoms with Crippen molar-refractivity contribution in [3.05, 3.63) is 77.6 Å². The van der Waals surface area contributed by atoms with Crippen molar-refractivity contribution >= 4 is 17.5 Å². The van der Waals surface area contributed by atoms with E-state index in [1.165, 1.54) is 24.3 Å². The second-order valence-corrected chi connectivity index (χ2v) is 8.34. The fraction of sp³-hybridized carbons (Fsp3) is 0.280. The summed E-state index contributed by atoms with van der Waals surface area (Å²) in [7, 11) is 0. The van der Waals surface area contributed by atoms with Crippen LogP contribution in [0.5, 0.6) is 0 Å². The Morgan fingerprint density at radius 3 is 2.50 bits per heavy atom. The molecule has 0 aliphatic carbocycles. The van der Waals surface area contributed by atoms with E-state index < -0.39 is 35.2 Å². The molecular formula is C25H22F5N3O3. The predicted molar refractivity (Wildman–Crippen MR) is 121 cm³/mol. The second kappa shape index (κ2) is 10.5. The fourth-order valence-electron chi connectivity index (χ4n) is 3.93. The van der Waals surface area contributed by atoms with Gasteiger partial charge in [-0.3, -0.25) is 14.5 Å². The number of carbonyl (C=O) groups excluding carboxylic acids is 2. The van der Waals surface area contributed by atoms with Crippen molar-refractivity contribution in [1.82, 2.24) is 9.80 Å². The largest absolute Gasteiger partial charge is 0.451 e. The molecule has 11 heteroatoms. The first kappa shape index (κ1) is 25.4. The number of rotatable bonds is 5. The molecule has 4 rings (SSSR count). The average Bonchev–Trinajstić information content (AvgIpc) is 3.21. The van der Waals surface area contributed by atoms with Crippen molar-refractivity contribution < 1.29 is 36.0 Å². The van der Waals surface area contributed by atoms with Gasteiger partial charge in [0, 0.05) is 37.8 Å². The van der Waals surface area contributed by atoms with Gasteiger partial charge in [0.2, 0.25) is 5.91 Å². The predicted octanol–water partition coefficient (Wildman–Crippen LogP) is 5.03. The smallest absolute Gasteiger partial charge is 0.416 e. The molecule has 1 saturated heterocycles. The number of anilines is 1. The molecule has 0 spiro atoms. The molecule has 1 fully saturated rings. The zero-order valence-electron chi connectivity index (χ0n) is 18.9. The summed E-state index contributed by atoms with van der Waals surface area (Å²) in [5, 5.41) is 2.41. The lowest BCUT2D eigenvalue weighted by atomic mass is 10.1. The van der Waals surface area contributed by atoms with Crippen molar-refractivity contribution in [3.63, 3.8) is 0 Å². The molecule has 36 heavy (non-hydrogen) atoms. The van der Waals surface area contributed by atoms with Crippen molar-refractivity contribution in [3.8, 4) is 11.3 Å². The van der Waals surface area contributed by atoms with Crippen molar-refractivity contribution in [2.45, 2.75) is 12.6 Å². The SMILES string of the molecule is O=C(CN1CCCN(C(=O)c2ccc(-c3cccc(C(F)(F)F)c3)o2)CC1)Nc1ccc(F)cc1F. The summed E-state index contributed by atoms with van der Waals surface area (Å²) in [6, 6.07) is 10.4. The highest BCUT2D eigenvalue weighted by Crippen LogP contribution is 2.32. The van der Waals surface area contributed by atoms with Gasteiger partial charge in [-0.1, -0.05) is 12.1 Å². The lowest BCUT2D eigenvalue weighted by Gasteiger charge is -2.21. The van der Waals surface area contributed by atoms with Gasteiger partial charge in [0.25, 0.3) is 5.91 Å². The number of nitrogens with zero attached hydrogens (tertiary/aromatic N) is 2. The van der Waals surface area contributed by atoms with Gasteiger partial charge in [-0.2, -0.15) is 13.2 Å². The maximum atomic E-state index is 13.8. The van der Waals surface area contributed by atoms with Gasteiger partial charge in [0.1, 0.15) is 17.4 Å². The average molecular weight is 507 g/mol. The van der Waals surface area contributed by atoms with Gasteiger partial charge >= 0.3 is 6.18 Å². The van der Waals surface area contributed by atoms with E-state index in [0.717, 1.165) is 24.3 Å². The summed E-state index contributed by atoms with van der Waals surface area (Å²) in [5.41, 5.74) is -0.736. The maximum Gasteiger partial charge on any atom is 0.416 e. The molecule has 2 heterocycles. The molecule has 6 nitrogen and oxygen atoms in total. The van der Waals surface area contributed by atoms with Gasteiger partial charge in [-0.15, -0.1) is 0 Å². The molecule has 2 amide bonds. The van der Waals surface area contributed by atoms with Gasteiger partial charge in [0.15, 0.2) is 5.76 Å². The van der Waals surface area contributed by atoms with Gasteiger partial charge in [-0.05, 0) is 42.8 Å². The number of carbonyl (C=O) groups is 2. The maximum absolute atomic E-state index is 13.8. The van der Waals surface area contributed by atoms with Crippen LogP contribution >= 0.6 is 0 Å². The second-order valence-electron chi connectivity index (χ2n) is 8.34. The monoisotopic (exact) mass is 507 g/mol. The van der Waals surface area contributed by atoms with Crippen molar-refractivity contribution in [2.75, 3.05) is 38.0 Å². The van der Waals surface area contributed by atoms with E-state index in [-0.39, 0.29) is 35.9 Å². The van der Waals surface area contributed by atoms with Crippen LogP contribution in [0.15, 0.2) is 59.0 Å². The third-order valence-corrected chi connectivity index (χ3v) is 5.74. The normalized spacial score (nSPS) is 15.0. The Labute approximate surface area is 203 Å². The Balaban J connectivity index is 1.35. The highest BCUT2D eigenvalue weighted by molar-refractivity contribution is 5.93. The summed E-state index contributed by atoms with van der Waals surface area (Å²) < 4.78 is 71.4. The molecule has 0 atom stereocenters. The highest BCUT2D eigenvalue weighted by Gasteiger charge is 2.31. The minimum atomic E-state index is -4.50. The summed E-state index contributed by atoms with van der Waals surface area (Å²) in [6.07, 6.45) is -3.94. The molecule has 0 unspecified atom stereocenters. The number of amides is 2. The Kier molecular flexibility index (Phi) is 7.39. The topological polar surface area (TPSA) is 65.8 Å². The molecule has 1 aliphatic rings. The van der Waals surface area contributed by atoms with Crippen LogP contribution < -0.4 is 5.32 Å². The van der Waals surface area contributed by atoms with Gasteiger partial charge in [-0.25, -0.2) is 8.78 Å². The fourth-order valence-corrected chi connectivity index (χ4v) is 3.93. The van der Waals surface area contributed by atoms with E-state index in [4.69, 9.17) is 4.42 Å². The number of hydrogen-bond donors (Lipinski definition) is 1. The van der Waals surface area contributed by atoms with E-state index in [9.17, 15) is 31.5 Å². The third kappa shape index (κ3) is 6.09. The zero-order chi connectivity index (χ0) is 25.9. The molecule has 190 valence electrons. The van der Waals surface area contributed by atoms with Crippen LogP contribution in [0.25, 0.3) is 11.3 Å². The standard InChI is InChI=1S/C25H22F5N3O3/c26-18-5-6-20(19(27)14-18)31-23(34)15-32-9-2-10-33(12-11-32)24(35)22-8-7-21(36-22)16-3-1-4-17(13-16)25(28,29)30/h1,3-8,13-14H,2,9-12,15H2,(H,31,34). The molecular weight excluding hydrogens is 485 g/mol. The number of benzene rings is 2. The van der Waals surface area contributed by atoms with E-state index in [1.54, 1.807) is 9.80 Å². The Morgan fingerprint density at radius 1 is 0.944 bits per heavy atom. The van der Waals surface area contributed by atoms with Gasteiger partial charge in [0.05, 0.1) is 17.8 Å². The molecule has 1 aliphatic heterocycles. The number of nitrogens with one attached hydrogen (secondary N) is 1. The molecule has 0 radical (unpaired) electrons. The molecule has 1 aromatic heterocycles. The zero-order valence-corrected chi connectivity index (χ0v) is 18.9. The van der Waals surface area contributed by atoms with Crippen LogP contribution in [0.4, 0.5) is 27.6 Å². The molecule has 0 bridgehead atoms. The molecule has 1 N–H and O–H groups in total. The van der Waals surface area contributed by atoms with E-state index in [1.807, 2.05) is 0 Å². The summed E-state index contributed by atoms with van der Waals surface area (Å²) in [6.45, 7) is 1.52. The third-order valence-electron chi connectivity index (χ3n) is 5.74. The first-order valence-electron chi connectivity index (χ1n) is 11.1.